The minimum absolute atomic E-state index is 0.135. The van der Waals surface area contributed by atoms with Crippen molar-refractivity contribution in [1.82, 2.24) is 10.6 Å². The quantitative estimate of drug-likeness (QED) is 0.696. The van der Waals surface area contributed by atoms with Gasteiger partial charge in [0.2, 0.25) is 5.91 Å². The molecule has 1 atom stereocenters. The maximum absolute atomic E-state index is 11.8. The van der Waals surface area contributed by atoms with E-state index >= 15 is 0 Å². The molecule has 3 nitrogen and oxygen atoms in total. The van der Waals surface area contributed by atoms with E-state index in [0.29, 0.717) is 6.54 Å². The van der Waals surface area contributed by atoms with E-state index in [9.17, 15) is 4.79 Å². The molecule has 1 aliphatic rings. The fourth-order valence-corrected chi connectivity index (χ4v) is 2.11. The SMILES string of the molecule is CCNC(=O)C(C)(C)CNCC1CC=CCC1. The summed E-state index contributed by atoms with van der Waals surface area (Å²) in [5.41, 5.74) is -0.319. The Morgan fingerprint density at radius 1 is 1.41 bits per heavy atom. The number of allylic oxidation sites excluding steroid dienone is 2. The van der Waals surface area contributed by atoms with E-state index in [1.807, 2.05) is 20.8 Å². The molecule has 17 heavy (non-hydrogen) atoms. The topological polar surface area (TPSA) is 41.1 Å². The Hall–Kier alpha value is -0.830. The summed E-state index contributed by atoms with van der Waals surface area (Å²) in [5, 5.41) is 6.32. The maximum atomic E-state index is 11.8. The number of carbonyl (C=O) groups is 1. The van der Waals surface area contributed by atoms with Gasteiger partial charge in [0.1, 0.15) is 0 Å². The first kappa shape index (κ1) is 14.2. The highest BCUT2D eigenvalue weighted by Gasteiger charge is 2.26. The molecule has 0 fully saturated rings. The Bertz CT molecular complexity index is 271. The summed E-state index contributed by atoms with van der Waals surface area (Å²) < 4.78 is 0. The van der Waals surface area contributed by atoms with E-state index in [1.54, 1.807) is 0 Å². The first-order chi connectivity index (χ1) is 8.06. The zero-order valence-electron chi connectivity index (χ0n) is 11.4. The highest BCUT2D eigenvalue weighted by atomic mass is 16.2. The Morgan fingerprint density at radius 3 is 2.76 bits per heavy atom. The van der Waals surface area contributed by atoms with E-state index in [-0.39, 0.29) is 11.3 Å². The van der Waals surface area contributed by atoms with Gasteiger partial charge in [0.05, 0.1) is 5.41 Å². The molecule has 1 amide bonds. The third-order valence-electron chi connectivity index (χ3n) is 3.33. The van der Waals surface area contributed by atoms with E-state index < -0.39 is 0 Å². The molecule has 98 valence electrons. The van der Waals surface area contributed by atoms with Crippen molar-refractivity contribution in [1.29, 1.82) is 0 Å². The van der Waals surface area contributed by atoms with Crippen LogP contribution in [-0.2, 0) is 4.79 Å². The molecule has 0 aromatic carbocycles. The molecule has 0 aromatic rings. The molecule has 1 aliphatic carbocycles. The molecular formula is C14H26N2O. The lowest BCUT2D eigenvalue weighted by Crippen LogP contribution is -2.44. The van der Waals surface area contributed by atoms with E-state index in [0.717, 1.165) is 19.0 Å². The van der Waals surface area contributed by atoms with Crippen LogP contribution in [-0.4, -0.2) is 25.5 Å². The molecule has 1 rings (SSSR count). The van der Waals surface area contributed by atoms with Crippen molar-refractivity contribution in [2.75, 3.05) is 19.6 Å². The number of rotatable bonds is 6. The van der Waals surface area contributed by atoms with Gasteiger partial charge in [-0.3, -0.25) is 4.79 Å². The molecule has 3 heteroatoms. The van der Waals surface area contributed by atoms with Gasteiger partial charge in [-0.25, -0.2) is 0 Å². The number of carbonyl (C=O) groups excluding carboxylic acids is 1. The third-order valence-corrected chi connectivity index (χ3v) is 3.33. The molecule has 2 N–H and O–H groups in total. The smallest absolute Gasteiger partial charge is 0.226 e. The van der Waals surface area contributed by atoms with Gasteiger partial charge < -0.3 is 10.6 Å². The third kappa shape index (κ3) is 4.90. The van der Waals surface area contributed by atoms with Gasteiger partial charge in [0.25, 0.3) is 0 Å². The second-order valence-corrected chi connectivity index (χ2v) is 5.52. The van der Waals surface area contributed by atoms with Crippen LogP contribution in [0.5, 0.6) is 0 Å². The molecule has 0 spiro atoms. The average Bonchev–Trinajstić information content (AvgIpc) is 2.30. The maximum Gasteiger partial charge on any atom is 0.226 e. The van der Waals surface area contributed by atoms with Crippen LogP contribution in [0.15, 0.2) is 12.2 Å². The molecule has 1 unspecified atom stereocenters. The van der Waals surface area contributed by atoms with Crippen molar-refractivity contribution in [3.63, 3.8) is 0 Å². The number of amides is 1. The van der Waals surface area contributed by atoms with Crippen molar-refractivity contribution in [3.8, 4) is 0 Å². The zero-order valence-corrected chi connectivity index (χ0v) is 11.4. The van der Waals surface area contributed by atoms with Gasteiger partial charge in [-0.15, -0.1) is 0 Å². The summed E-state index contributed by atoms with van der Waals surface area (Å²) in [6, 6.07) is 0. The van der Waals surface area contributed by atoms with Crippen LogP contribution in [0.1, 0.15) is 40.0 Å². The van der Waals surface area contributed by atoms with Crippen molar-refractivity contribution < 1.29 is 4.79 Å². The molecule has 0 aliphatic heterocycles. The van der Waals surface area contributed by atoms with Crippen LogP contribution in [0.3, 0.4) is 0 Å². The largest absolute Gasteiger partial charge is 0.356 e. The van der Waals surface area contributed by atoms with Crippen LogP contribution in [0.25, 0.3) is 0 Å². The van der Waals surface area contributed by atoms with Gasteiger partial charge in [0, 0.05) is 13.1 Å². The van der Waals surface area contributed by atoms with Crippen LogP contribution in [0.2, 0.25) is 0 Å². The number of hydrogen-bond donors (Lipinski definition) is 2. The van der Waals surface area contributed by atoms with Crippen LogP contribution in [0, 0.1) is 11.3 Å². The van der Waals surface area contributed by atoms with Gasteiger partial charge in [0.15, 0.2) is 0 Å². The van der Waals surface area contributed by atoms with Crippen LogP contribution in [0.4, 0.5) is 0 Å². The van der Waals surface area contributed by atoms with Crippen molar-refractivity contribution in [2.45, 2.75) is 40.0 Å². The summed E-state index contributed by atoms with van der Waals surface area (Å²) in [6.07, 6.45) is 8.17. The highest BCUT2D eigenvalue weighted by Crippen LogP contribution is 2.18. The molecule has 0 heterocycles. The first-order valence-electron chi connectivity index (χ1n) is 6.70. The van der Waals surface area contributed by atoms with E-state index in [2.05, 4.69) is 22.8 Å². The molecule has 0 saturated carbocycles. The minimum Gasteiger partial charge on any atom is -0.356 e. The summed E-state index contributed by atoms with van der Waals surface area (Å²) in [7, 11) is 0. The van der Waals surface area contributed by atoms with Crippen molar-refractivity contribution >= 4 is 5.91 Å². The van der Waals surface area contributed by atoms with E-state index in [1.165, 1.54) is 19.3 Å². The van der Waals surface area contributed by atoms with Gasteiger partial charge in [-0.1, -0.05) is 12.2 Å². The predicted molar refractivity (Wildman–Crippen MR) is 71.8 cm³/mol. The normalized spacial score (nSPS) is 20.3. The lowest BCUT2D eigenvalue weighted by atomic mass is 9.90. The first-order valence-corrected chi connectivity index (χ1v) is 6.70. The Morgan fingerprint density at radius 2 is 2.18 bits per heavy atom. The molecular weight excluding hydrogens is 212 g/mol. The van der Waals surface area contributed by atoms with Gasteiger partial charge >= 0.3 is 0 Å². The summed E-state index contributed by atoms with van der Waals surface area (Å²) >= 11 is 0. The summed E-state index contributed by atoms with van der Waals surface area (Å²) in [4.78, 5) is 11.8. The molecule has 0 bridgehead atoms. The van der Waals surface area contributed by atoms with Crippen molar-refractivity contribution in [2.24, 2.45) is 11.3 Å². The fraction of sp³-hybridized carbons (Fsp3) is 0.786. The standard InChI is InChI=1S/C14H26N2O/c1-4-16-13(17)14(2,3)11-15-10-12-8-6-5-7-9-12/h5-6,12,15H,4,7-11H2,1-3H3,(H,16,17). The zero-order chi connectivity index (χ0) is 12.7. The Labute approximate surface area is 105 Å². The van der Waals surface area contributed by atoms with Gasteiger partial charge in [-0.2, -0.15) is 0 Å². The van der Waals surface area contributed by atoms with Gasteiger partial charge in [-0.05, 0) is 52.5 Å². The minimum atomic E-state index is -0.319. The van der Waals surface area contributed by atoms with E-state index in [4.69, 9.17) is 0 Å². The second kappa shape index (κ2) is 6.80. The summed E-state index contributed by atoms with van der Waals surface area (Å²) in [6.45, 7) is 8.41. The number of hydrogen-bond acceptors (Lipinski definition) is 2. The lowest BCUT2D eigenvalue weighted by molar-refractivity contribution is -0.129. The average molecular weight is 238 g/mol. The highest BCUT2D eigenvalue weighted by molar-refractivity contribution is 5.81. The predicted octanol–water partition coefficient (Wildman–Crippen LogP) is 2.09. The molecule has 0 aromatic heterocycles. The monoisotopic (exact) mass is 238 g/mol. The van der Waals surface area contributed by atoms with Crippen LogP contribution >= 0.6 is 0 Å². The molecule has 0 saturated heterocycles. The number of nitrogens with one attached hydrogen (secondary N) is 2. The van der Waals surface area contributed by atoms with Crippen molar-refractivity contribution in [3.05, 3.63) is 12.2 Å². The second-order valence-electron chi connectivity index (χ2n) is 5.52. The fourth-order valence-electron chi connectivity index (χ4n) is 2.11. The summed E-state index contributed by atoms with van der Waals surface area (Å²) in [5.74, 6) is 0.876. The lowest BCUT2D eigenvalue weighted by Gasteiger charge is -2.25. The van der Waals surface area contributed by atoms with Crippen LogP contribution < -0.4 is 10.6 Å². The molecule has 0 radical (unpaired) electrons. The Kier molecular flexibility index (Phi) is 5.69. The Balaban J connectivity index is 2.24.